The number of carbonyl (C=O) groups excluding carboxylic acids is 1. The first-order chi connectivity index (χ1) is 7.46. The van der Waals surface area contributed by atoms with Crippen molar-refractivity contribution in [1.82, 2.24) is 5.32 Å². The quantitative estimate of drug-likeness (QED) is 0.585. The van der Waals surface area contributed by atoms with E-state index in [0.29, 0.717) is 0 Å². The summed E-state index contributed by atoms with van der Waals surface area (Å²) in [7, 11) is 0. The predicted molar refractivity (Wildman–Crippen MR) is 64.0 cm³/mol. The molecule has 1 amide bonds. The summed E-state index contributed by atoms with van der Waals surface area (Å²) in [5.74, 6) is -0.000817. The Morgan fingerprint density at radius 2 is 2.06 bits per heavy atom. The highest BCUT2D eigenvalue weighted by atomic mass is 16.3. The lowest BCUT2D eigenvalue weighted by atomic mass is 9.98. The number of unbranched alkanes of at least 4 members (excludes halogenated alkanes) is 1. The lowest BCUT2D eigenvalue weighted by Gasteiger charge is -2.22. The van der Waals surface area contributed by atoms with Crippen LogP contribution in [0.1, 0.15) is 46.5 Å². The smallest absolute Gasteiger partial charge is 0.223 e. The first-order valence-electron chi connectivity index (χ1n) is 6.07. The van der Waals surface area contributed by atoms with Gasteiger partial charge in [0.1, 0.15) is 5.60 Å². The summed E-state index contributed by atoms with van der Waals surface area (Å²) in [5.41, 5.74) is -1.22. The summed E-state index contributed by atoms with van der Waals surface area (Å²) in [6, 6.07) is 0. The average Bonchev–Trinajstić information content (AvgIpc) is 2.27. The lowest BCUT2D eigenvalue weighted by molar-refractivity contribution is -0.126. The Morgan fingerprint density at radius 3 is 2.50 bits per heavy atom. The molecule has 3 N–H and O–H groups in total. The zero-order valence-corrected chi connectivity index (χ0v) is 10.6. The van der Waals surface area contributed by atoms with E-state index in [1.165, 1.54) is 6.92 Å². The number of amides is 1. The van der Waals surface area contributed by atoms with Crippen LogP contribution < -0.4 is 5.32 Å². The summed E-state index contributed by atoms with van der Waals surface area (Å²) < 4.78 is 0. The van der Waals surface area contributed by atoms with Crippen LogP contribution >= 0.6 is 0 Å². The number of hydrogen-bond donors (Lipinski definition) is 3. The number of rotatable bonds is 8. The molecule has 0 fully saturated rings. The molecular weight excluding hydrogens is 206 g/mol. The van der Waals surface area contributed by atoms with Gasteiger partial charge in [0, 0.05) is 12.5 Å². The molecule has 2 atom stereocenters. The highest BCUT2D eigenvalue weighted by molar-refractivity contribution is 5.78. The molecule has 16 heavy (non-hydrogen) atoms. The number of hydrogen-bond acceptors (Lipinski definition) is 3. The molecular formula is C12H25NO3. The van der Waals surface area contributed by atoms with E-state index in [1.54, 1.807) is 0 Å². The standard InChI is InChI=1S/C12H25NO3/c1-4-6-7-10(5-2)11(15)13-8-12(3,16)9-14/h10,14,16H,4-9H2,1-3H3,(H,13,15). The number of nitrogens with one attached hydrogen (secondary N) is 1. The predicted octanol–water partition coefficient (Wildman–Crippen LogP) is 1.06. The zero-order valence-electron chi connectivity index (χ0n) is 10.6. The maximum absolute atomic E-state index is 11.7. The van der Waals surface area contributed by atoms with Gasteiger partial charge in [0.2, 0.25) is 5.91 Å². The Bertz CT molecular complexity index is 204. The van der Waals surface area contributed by atoms with Crippen molar-refractivity contribution in [3.63, 3.8) is 0 Å². The largest absolute Gasteiger partial charge is 0.393 e. The highest BCUT2D eigenvalue weighted by Gasteiger charge is 2.22. The lowest BCUT2D eigenvalue weighted by Crippen LogP contribution is -2.45. The van der Waals surface area contributed by atoms with Crippen LogP contribution in [0.3, 0.4) is 0 Å². The molecule has 0 saturated carbocycles. The normalized spacial score (nSPS) is 16.6. The molecule has 4 nitrogen and oxygen atoms in total. The minimum absolute atomic E-state index is 0.0226. The van der Waals surface area contributed by atoms with Gasteiger partial charge in [-0.2, -0.15) is 0 Å². The van der Waals surface area contributed by atoms with Crippen LogP contribution in [0, 0.1) is 5.92 Å². The van der Waals surface area contributed by atoms with Gasteiger partial charge in [-0.05, 0) is 19.8 Å². The van der Waals surface area contributed by atoms with Crippen LogP contribution in [0.25, 0.3) is 0 Å². The van der Waals surface area contributed by atoms with E-state index in [4.69, 9.17) is 5.11 Å². The van der Waals surface area contributed by atoms with Crippen LogP contribution in [-0.4, -0.2) is 34.9 Å². The van der Waals surface area contributed by atoms with Gasteiger partial charge in [0.15, 0.2) is 0 Å². The fourth-order valence-corrected chi connectivity index (χ4v) is 1.45. The molecule has 0 rings (SSSR count). The third kappa shape index (κ3) is 6.08. The van der Waals surface area contributed by atoms with E-state index in [-0.39, 0.29) is 25.0 Å². The summed E-state index contributed by atoms with van der Waals surface area (Å²) >= 11 is 0. The summed E-state index contributed by atoms with van der Waals surface area (Å²) in [5, 5.41) is 21.1. The molecule has 0 aromatic heterocycles. The summed E-state index contributed by atoms with van der Waals surface area (Å²) in [6.45, 7) is 5.34. The fraction of sp³-hybridized carbons (Fsp3) is 0.917. The molecule has 0 aromatic carbocycles. The van der Waals surface area contributed by atoms with E-state index in [9.17, 15) is 9.90 Å². The first kappa shape index (κ1) is 15.4. The molecule has 0 aromatic rings. The Kier molecular flexibility index (Phi) is 7.34. The SMILES string of the molecule is CCCCC(CC)C(=O)NCC(C)(O)CO. The Balaban J connectivity index is 4.01. The second kappa shape index (κ2) is 7.63. The van der Waals surface area contributed by atoms with Gasteiger partial charge >= 0.3 is 0 Å². The minimum Gasteiger partial charge on any atom is -0.393 e. The highest BCUT2D eigenvalue weighted by Crippen LogP contribution is 2.12. The zero-order chi connectivity index (χ0) is 12.6. The van der Waals surface area contributed by atoms with E-state index in [2.05, 4.69) is 12.2 Å². The van der Waals surface area contributed by atoms with Crippen molar-refractivity contribution in [2.24, 2.45) is 5.92 Å². The van der Waals surface area contributed by atoms with Gasteiger partial charge in [-0.15, -0.1) is 0 Å². The molecule has 0 bridgehead atoms. The number of aliphatic hydroxyl groups is 2. The Morgan fingerprint density at radius 1 is 1.44 bits per heavy atom. The van der Waals surface area contributed by atoms with E-state index >= 15 is 0 Å². The van der Waals surface area contributed by atoms with Gasteiger partial charge < -0.3 is 15.5 Å². The molecule has 0 aliphatic rings. The van der Waals surface area contributed by atoms with Gasteiger partial charge in [-0.3, -0.25) is 4.79 Å². The van der Waals surface area contributed by atoms with Gasteiger partial charge in [0.05, 0.1) is 6.61 Å². The Labute approximate surface area is 98.1 Å². The van der Waals surface area contributed by atoms with Gasteiger partial charge in [-0.25, -0.2) is 0 Å². The van der Waals surface area contributed by atoms with Crippen molar-refractivity contribution < 1.29 is 15.0 Å². The first-order valence-corrected chi connectivity index (χ1v) is 6.07. The molecule has 96 valence electrons. The average molecular weight is 231 g/mol. The second-order valence-corrected chi connectivity index (χ2v) is 4.62. The maximum atomic E-state index is 11.7. The van der Waals surface area contributed by atoms with Gasteiger partial charge in [-0.1, -0.05) is 26.7 Å². The number of carbonyl (C=O) groups is 1. The van der Waals surface area contributed by atoms with E-state index in [1.807, 2.05) is 6.92 Å². The second-order valence-electron chi connectivity index (χ2n) is 4.62. The molecule has 0 saturated heterocycles. The summed E-state index contributed by atoms with van der Waals surface area (Å²) in [4.78, 5) is 11.7. The fourth-order valence-electron chi connectivity index (χ4n) is 1.45. The minimum atomic E-state index is -1.22. The molecule has 4 heteroatoms. The van der Waals surface area contributed by atoms with E-state index in [0.717, 1.165) is 25.7 Å². The topological polar surface area (TPSA) is 69.6 Å². The third-order valence-corrected chi connectivity index (χ3v) is 2.75. The van der Waals surface area contributed by atoms with Crippen LogP contribution in [0.2, 0.25) is 0 Å². The van der Waals surface area contributed by atoms with Crippen molar-refractivity contribution in [3.8, 4) is 0 Å². The molecule has 0 spiro atoms. The van der Waals surface area contributed by atoms with Crippen molar-refractivity contribution in [2.45, 2.75) is 52.1 Å². The van der Waals surface area contributed by atoms with Crippen molar-refractivity contribution in [1.29, 1.82) is 0 Å². The summed E-state index contributed by atoms with van der Waals surface area (Å²) in [6.07, 6.45) is 3.83. The monoisotopic (exact) mass is 231 g/mol. The molecule has 0 aliphatic heterocycles. The third-order valence-electron chi connectivity index (χ3n) is 2.75. The van der Waals surface area contributed by atoms with Crippen molar-refractivity contribution >= 4 is 5.91 Å². The van der Waals surface area contributed by atoms with Gasteiger partial charge in [0.25, 0.3) is 0 Å². The van der Waals surface area contributed by atoms with Crippen molar-refractivity contribution in [2.75, 3.05) is 13.2 Å². The van der Waals surface area contributed by atoms with Crippen molar-refractivity contribution in [3.05, 3.63) is 0 Å². The molecule has 0 aliphatic carbocycles. The number of aliphatic hydroxyl groups excluding tert-OH is 1. The Hall–Kier alpha value is -0.610. The van der Waals surface area contributed by atoms with Crippen LogP contribution in [-0.2, 0) is 4.79 Å². The molecule has 0 radical (unpaired) electrons. The molecule has 2 unspecified atom stereocenters. The molecule has 0 heterocycles. The maximum Gasteiger partial charge on any atom is 0.223 e. The van der Waals surface area contributed by atoms with E-state index < -0.39 is 5.60 Å². The van der Waals surface area contributed by atoms with Crippen LogP contribution in [0.15, 0.2) is 0 Å². The van der Waals surface area contributed by atoms with Crippen LogP contribution in [0.5, 0.6) is 0 Å². The van der Waals surface area contributed by atoms with Crippen LogP contribution in [0.4, 0.5) is 0 Å².